The number of carbonyl (C=O) groups excluding carboxylic acids is 1. The van der Waals surface area contributed by atoms with Crippen LogP contribution in [-0.4, -0.2) is 28.3 Å². The van der Waals surface area contributed by atoms with Gasteiger partial charge in [0.25, 0.3) is 5.91 Å². The second-order valence-electron chi connectivity index (χ2n) is 5.54. The largest absolute Gasteiger partial charge is 0.493 e. The minimum atomic E-state index is -0.0303. The molecule has 2 aromatic rings. The average Bonchev–Trinajstić information content (AvgIpc) is 2.89. The smallest absolute Gasteiger partial charge is 0.266 e. The molecule has 0 aromatic heterocycles. The van der Waals surface area contributed by atoms with Crippen molar-refractivity contribution in [2.75, 3.05) is 13.2 Å². The molecule has 0 saturated carbocycles. The highest BCUT2D eigenvalue weighted by Gasteiger charge is 2.31. The zero-order chi connectivity index (χ0) is 17.6. The number of thioether (sulfide) groups is 1. The van der Waals surface area contributed by atoms with Gasteiger partial charge in [0.15, 0.2) is 0 Å². The van der Waals surface area contributed by atoms with Crippen molar-refractivity contribution in [1.29, 1.82) is 0 Å². The van der Waals surface area contributed by atoms with Gasteiger partial charge in [-0.1, -0.05) is 72.5 Å². The molecule has 3 rings (SSSR count). The van der Waals surface area contributed by atoms with E-state index in [0.29, 0.717) is 22.4 Å². The van der Waals surface area contributed by atoms with Gasteiger partial charge in [0.2, 0.25) is 0 Å². The lowest BCUT2D eigenvalue weighted by molar-refractivity contribution is -0.122. The van der Waals surface area contributed by atoms with Gasteiger partial charge in [0.05, 0.1) is 11.5 Å². The fourth-order valence-corrected chi connectivity index (χ4v) is 3.91. The molecule has 25 heavy (non-hydrogen) atoms. The van der Waals surface area contributed by atoms with Gasteiger partial charge in [-0.05, 0) is 31.1 Å². The highest BCUT2D eigenvalue weighted by Crippen LogP contribution is 2.34. The van der Waals surface area contributed by atoms with E-state index < -0.39 is 0 Å². The maximum absolute atomic E-state index is 12.7. The zero-order valence-electron chi connectivity index (χ0n) is 14.0. The lowest BCUT2D eigenvalue weighted by atomic mass is 10.1. The zero-order valence-corrected chi connectivity index (χ0v) is 15.6. The summed E-state index contributed by atoms with van der Waals surface area (Å²) in [6.45, 7) is 3.13. The highest BCUT2D eigenvalue weighted by atomic mass is 32.2. The van der Waals surface area contributed by atoms with Crippen LogP contribution in [0.3, 0.4) is 0 Å². The second kappa shape index (κ2) is 8.32. The van der Waals surface area contributed by atoms with Crippen molar-refractivity contribution < 1.29 is 9.53 Å². The number of hydrogen-bond donors (Lipinski definition) is 0. The lowest BCUT2D eigenvalue weighted by Gasteiger charge is -2.14. The average molecular weight is 370 g/mol. The van der Waals surface area contributed by atoms with E-state index in [0.717, 1.165) is 17.7 Å². The molecule has 0 bridgehead atoms. The Morgan fingerprint density at radius 2 is 1.84 bits per heavy atom. The molecule has 0 N–H and O–H groups in total. The Kier molecular flexibility index (Phi) is 5.89. The van der Waals surface area contributed by atoms with Crippen LogP contribution in [0.15, 0.2) is 59.5 Å². The molecular formula is C20H19NO2S2. The number of para-hydroxylation sites is 1. The van der Waals surface area contributed by atoms with Gasteiger partial charge in [0, 0.05) is 12.1 Å². The van der Waals surface area contributed by atoms with E-state index >= 15 is 0 Å². The van der Waals surface area contributed by atoms with Crippen molar-refractivity contribution in [1.82, 2.24) is 4.90 Å². The summed E-state index contributed by atoms with van der Waals surface area (Å²) in [6.07, 6.45) is 2.66. The monoisotopic (exact) mass is 369 g/mol. The number of hydrogen-bond acceptors (Lipinski definition) is 4. The van der Waals surface area contributed by atoms with E-state index in [1.807, 2.05) is 55.5 Å². The summed E-state index contributed by atoms with van der Waals surface area (Å²) in [5, 5.41) is 0. The van der Waals surface area contributed by atoms with Crippen LogP contribution in [0.25, 0.3) is 6.08 Å². The van der Waals surface area contributed by atoms with Gasteiger partial charge in [-0.25, -0.2) is 0 Å². The molecule has 0 unspecified atom stereocenters. The molecule has 0 atom stereocenters. The van der Waals surface area contributed by atoms with Crippen LogP contribution in [0, 0.1) is 0 Å². The molecule has 3 nitrogen and oxygen atoms in total. The fraction of sp³-hybridized carbons (Fsp3) is 0.200. The molecular weight excluding hydrogens is 350 g/mol. The summed E-state index contributed by atoms with van der Waals surface area (Å²) in [5.74, 6) is 0.747. The van der Waals surface area contributed by atoms with E-state index in [1.54, 1.807) is 4.90 Å². The molecule has 2 aromatic carbocycles. The number of thiocarbonyl (C=S) groups is 1. The summed E-state index contributed by atoms with van der Waals surface area (Å²) in [7, 11) is 0. The van der Waals surface area contributed by atoms with Crippen LogP contribution in [-0.2, 0) is 11.2 Å². The van der Waals surface area contributed by atoms with E-state index in [-0.39, 0.29) is 5.91 Å². The van der Waals surface area contributed by atoms with E-state index in [4.69, 9.17) is 17.0 Å². The molecule has 5 heteroatoms. The molecule has 1 aliphatic heterocycles. The van der Waals surface area contributed by atoms with E-state index in [2.05, 4.69) is 12.1 Å². The predicted octanol–water partition coefficient (Wildman–Crippen LogP) is 4.53. The Hall–Kier alpha value is -2.11. The first kappa shape index (κ1) is 17.7. The summed E-state index contributed by atoms with van der Waals surface area (Å²) in [4.78, 5) is 15.0. The number of rotatable bonds is 6. The first-order valence-electron chi connectivity index (χ1n) is 8.20. The van der Waals surface area contributed by atoms with Crippen LogP contribution >= 0.6 is 24.0 Å². The Morgan fingerprint density at radius 1 is 1.12 bits per heavy atom. The van der Waals surface area contributed by atoms with Gasteiger partial charge in [-0.15, -0.1) is 0 Å². The standard InChI is InChI=1S/C20H19NO2S2/c1-2-23-17-11-7-6-10-16(17)14-18-19(22)21(20(24)25-18)13-12-15-8-4-3-5-9-15/h3-11,14H,2,12-13H2,1H3/b18-14-. The Morgan fingerprint density at radius 3 is 2.60 bits per heavy atom. The lowest BCUT2D eigenvalue weighted by Crippen LogP contribution is -2.30. The van der Waals surface area contributed by atoms with Gasteiger partial charge >= 0.3 is 0 Å². The molecule has 1 aliphatic rings. The van der Waals surface area contributed by atoms with Crippen LogP contribution in [0.2, 0.25) is 0 Å². The van der Waals surface area contributed by atoms with Crippen molar-refractivity contribution in [3.05, 3.63) is 70.6 Å². The number of nitrogens with zero attached hydrogens (tertiary/aromatic N) is 1. The minimum Gasteiger partial charge on any atom is -0.493 e. The van der Waals surface area contributed by atoms with Crippen LogP contribution in [0.1, 0.15) is 18.1 Å². The Labute approximate surface area is 157 Å². The van der Waals surface area contributed by atoms with Gasteiger partial charge in [0.1, 0.15) is 10.1 Å². The van der Waals surface area contributed by atoms with Gasteiger partial charge in [-0.3, -0.25) is 9.69 Å². The SMILES string of the molecule is CCOc1ccccc1/C=C1\SC(=S)N(CCc2ccccc2)C1=O. The van der Waals surface area contributed by atoms with Crippen LogP contribution in [0.5, 0.6) is 5.75 Å². The summed E-state index contributed by atoms with van der Waals surface area (Å²) < 4.78 is 6.24. The normalized spacial score (nSPS) is 15.9. The number of benzene rings is 2. The molecule has 1 amide bonds. The highest BCUT2D eigenvalue weighted by molar-refractivity contribution is 8.26. The third-order valence-electron chi connectivity index (χ3n) is 3.85. The minimum absolute atomic E-state index is 0.0303. The number of carbonyl (C=O) groups is 1. The van der Waals surface area contributed by atoms with E-state index in [1.165, 1.54) is 17.3 Å². The molecule has 0 spiro atoms. The maximum Gasteiger partial charge on any atom is 0.266 e. The molecule has 1 heterocycles. The summed E-state index contributed by atoms with van der Waals surface area (Å²) in [5.41, 5.74) is 2.09. The molecule has 0 radical (unpaired) electrons. The van der Waals surface area contributed by atoms with Gasteiger partial charge in [-0.2, -0.15) is 0 Å². The Balaban J connectivity index is 1.75. The number of amides is 1. The third-order valence-corrected chi connectivity index (χ3v) is 5.22. The van der Waals surface area contributed by atoms with Gasteiger partial charge < -0.3 is 4.74 Å². The van der Waals surface area contributed by atoms with Crippen LogP contribution < -0.4 is 4.74 Å². The van der Waals surface area contributed by atoms with Crippen LogP contribution in [0.4, 0.5) is 0 Å². The second-order valence-corrected chi connectivity index (χ2v) is 7.22. The first-order chi connectivity index (χ1) is 12.2. The van der Waals surface area contributed by atoms with Crippen molar-refractivity contribution in [3.8, 4) is 5.75 Å². The quantitative estimate of drug-likeness (QED) is 0.553. The molecule has 128 valence electrons. The van der Waals surface area contributed by atoms with Crippen molar-refractivity contribution in [2.45, 2.75) is 13.3 Å². The first-order valence-corrected chi connectivity index (χ1v) is 9.42. The van der Waals surface area contributed by atoms with Crippen molar-refractivity contribution in [2.24, 2.45) is 0 Å². The predicted molar refractivity (Wildman–Crippen MR) is 108 cm³/mol. The maximum atomic E-state index is 12.7. The molecule has 1 fully saturated rings. The summed E-state index contributed by atoms with van der Waals surface area (Å²) in [6, 6.07) is 17.8. The molecule has 0 aliphatic carbocycles. The van der Waals surface area contributed by atoms with Crippen molar-refractivity contribution in [3.63, 3.8) is 0 Å². The molecule has 1 saturated heterocycles. The fourth-order valence-electron chi connectivity index (χ4n) is 2.61. The number of ether oxygens (including phenoxy) is 1. The topological polar surface area (TPSA) is 29.5 Å². The van der Waals surface area contributed by atoms with Crippen molar-refractivity contribution >= 4 is 40.3 Å². The van der Waals surface area contributed by atoms with E-state index in [9.17, 15) is 4.79 Å². The Bertz CT molecular complexity index is 802. The third kappa shape index (κ3) is 4.30. The summed E-state index contributed by atoms with van der Waals surface area (Å²) >= 11 is 6.76.